The molecule has 1 aromatic heterocycles. The summed E-state index contributed by atoms with van der Waals surface area (Å²) in [5.74, 6) is 1.30. The van der Waals surface area contributed by atoms with Gasteiger partial charge in [0.25, 0.3) is 0 Å². The van der Waals surface area contributed by atoms with Gasteiger partial charge < -0.3 is 9.52 Å². The van der Waals surface area contributed by atoms with E-state index in [4.69, 9.17) is 9.52 Å². The first-order valence-corrected chi connectivity index (χ1v) is 5.92. The van der Waals surface area contributed by atoms with Gasteiger partial charge in [0.15, 0.2) is 0 Å². The van der Waals surface area contributed by atoms with E-state index in [0.717, 1.165) is 18.1 Å². The lowest BCUT2D eigenvalue weighted by molar-refractivity contribution is -0.139. The van der Waals surface area contributed by atoms with Crippen LogP contribution < -0.4 is 0 Å². The minimum Gasteiger partial charge on any atom is -0.480 e. The molecule has 0 saturated carbocycles. The first kappa shape index (κ1) is 13.8. The van der Waals surface area contributed by atoms with Crippen LogP contribution in [0.4, 0.5) is 0 Å². The highest BCUT2D eigenvalue weighted by molar-refractivity contribution is 5.69. The van der Waals surface area contributed by atoms with Crippen LogP contribution in [0.25, 0.3) is 0 Å². The summed E-state index contributed by atoms with van der Waals surface area (Å²) in [6.45, 7) is 8.81. The second-order valence-electron chi connectivity index (χ2n) is 4.84. The SMILES string of the molecule is Cc1ccc(C(C)N(CC(=O)O)CC(C)C)o1. The second-order valence-corrected chi connectivity index (χ2v) is 4.84. The number of carbonyl (C=O) groups is 1. The summed E-state index contributed by atoms with van der Waals surface area (Å²) in [5, 5.41) is 8.93. The molecule has 1 atom stereocenters. The highest BCUT2D eigenvalue weighted by atomic mass is 16.4. The lowest BCUT2D eigenvalue weighted by Crippen LogP contribution is -2.35. The van der Waals surface area contributed by atoms with Crippen LogP contribution >= 0.6 is 0 Å². The molecular formula is C13H21NO3. The zero-order valence-corrected chi connectivity index (χ0v) is 10.9. The summed E-state index contributed by atoms with van der Waals surface area (Å²) in [5.41, 5.74) is 0. The molecule has 0 saturated heterocycles. The molecule has 0 aromatic carbocycles. The van der Waals surface area contributed by atoms with Crippen molar-refractivity contribution in [2.45, 2.75) is 33.7 Å². The minimum absolute atomic E-state index is 0.0119. The fourth-order valence-corrected chi connectivity index (χ4v) is 1.86. The molecule has 0 radical (unpaired) electrons. The Morgan fingerprint density at radius 1 is 1.41 bits per heavy atom. The third-order valence-corrected chi connectivity index (χ3v) is 2.66. The summed E-state index contributed by atoms with van der Waals surface area (Å²) in [4.78, 5) is 12.8. The predicted molar refractivity (Wildman–Crippen MR) is 65.9 cm³/mol. The Kier molecular flexibility index (Phi) is 4.75. The van der Waals surface area contributed by atoms with Gasteiger partial charge in [0.2, 0.25) is 0 Å². The molecule has 0 aliphatic carbocycles. The van der Waals surface area contributed by atoms with Crippen molar-refractivity contribution in [3.05, 3.63) is 23.7 Å². The van der Waals surface area contributed by atoms with Crippen LogP contribution in [0.1, 0.15) is 38.3 Å². The first-order valence-electron chi connectivity index (χ1n) is 5.92. The van der Waals surface area contributed by atoms with Crippen LogP contribution in [-0.2, 0) is 4.79 Å². The van der Waals surface area contributed by atoms with Gasteiger partial charge in [0.1, 0.15) is 11.5 Å². The van der Waals surface area contributed by atoms with Gasteiger partial charge in [-0.15, -0.1) is 0 Å². The van der Waals surface area contributed by atoms with Crippen LogP contribution in [0, 0.1) is 12.8 Å². The Hall–Kier alpha value is -1.29. The number of rotatable bonds is 6. The van der Waals surface area contributed by atoms with Crippen molar-refractivity contribution in [2.75, 3.05) is 13.1 Å². The van der Waals surface area contributed by atoms with Crippen molar-refractivity contribution in [1.82, 2.24) is 4.90 Å². The van der Waals surface area contributed by atoms with Gasteiger partial charge in [-0.1, -0.05) is 13.8 Å². The quantitative estimate of drug-likeness (QED) is 0.829. The number of aryl methyl sites for hydroxylation is 1. The van der Waals surface area contributed by atoms with E-state index < -0.39 is 5.97 Å². The van der Waals surface area contributed by atoms with Crippen molar-refractivity contribution in [3.63, 3.8) is 0 Å². The molecule has 0 aliphatic rings. The molecule has 0 aliphatic heterocycles. The van der Waals surface area contributed by atoms with Gasteiger partial charge in [0.05, 0.1) is 12.6 Å². The van der Waals surface area contributed by atoms with Crippen molar-refractivity contribution >= 4 is 5.97 Å². The minimum atomic E-state index is -0.805. The fraction of sp³-hybridized carbons (Fsp3) is 0.615. The fourth-order valence-electron chi connectivity index (χ4n) is 1.86. The number of carboxylic acid groups (broad SMARTS) is 1. The maximum Gasteiger partial charge on any atom is 0.317 e. The van der Waals surface area contributed by atoms with Gasteiger partial charge in [-0.3, -0.25) is 9.69 Å². The molecule has 96 valence electrons. The van der Waals surface area contributed by atoms with Crippen LogP contribution in [0.2, 0.25) is 0 Å². The number of hydrogen-bond acceptors (Lipinski definition) is 3. The first-order chi connectivity index (χ1) is 7.90. The molecule has 4 nitrogen and oxygen atoms in total. The molecule has 0 amide bonds. The molecule has 17 heavy (non-hydrogen) atoms. The zero-order valence-electron chi connectivity index (χ0n) is 10.9. The van der Waals surface area contributed by atoms with Crippen molar-refractivity contribution in [1.29, 1.82) is 0 Å². The molecule has 1 unspecified atom stereocenters. The summed E-state index contributed by atoms with van der Waals surface area (Å²) >= 11 is 0. The lowest BCUT2D eigenvalue weighted by atomic mass is 10.1. The molecule has 0 fully saturated rings. The normalized spacial score (nSPS) is 13.3. The van der Waals surface area contributed by atoms with E-state index in [0.29, 0.717) is 5.92 Å². The van der Waals surface area contributed by atoms with E-state index in [1.165, 1.54) is 0 Å². The van der Waals surface area contributed by atoms with E-state index in [1.807, 2.05) is 30.9 Å². The van der Waals surface area contributed by atoms with Gasteiger partial charge in [-0.05, 0) is 31.9 Å². The summed E-state index contributed by atoms with van der Waals surface area (Å²) in [7, 11) is 0. The topological polar surface area (TPSA) is 53.7 Å². The van der Waals surface area contributed by atoms with E-state index in [9.17, 15) is 4.79 Å². The third kappa shape index (κ3) is 4.23. The Labute approximate surface area is 102 Å². The number of hydrogen-bond donors (Lipinski definition) is 1. The molecule has 4 heteroatoms. The van der Waals surface area contributed by atoms with Gasteiger partial charge in [0, 0.05) is 6.54 Å². The molecule has 1 N–H and O–H groups in total. The molecule has 0 bridgehead atoms. The average molecular weight is 239 g/mol. The number of furan rings is 1. The number of aliphatic carboxylic acids is 1. The Bertz CT molecular complexity index is 370. The van der Waals surface area contributed by atoms with E-state index >= 15 is 0 Å². The van der Waals surface area contributed by atoms with Crippen LogP contribution in [-0.4, -0.2) is 29.1 Å². The highest BCUT2D eigenvalue weighted by Gasteiger charge is 2.21. The highest BCUT2D eigenvalue weighted by Crippen LogP contribution is 2.22. The molecule has 0 spiro atoms. The Morgan fingerprint density at radius 3 is 2.47 bits per heavy atom. The zero-order chi connectivity index (χ0) is 13.0. The average Bonchev–Trinajstić information content (AvgIpc) is 2.61. The standard InChI is InChI=1S/C13H21NO3/c1-9(2)7-14(8-13(15)16)11(4)12-6-5-10(3)17-12/h5-6,9,11H,7-8H2,1-4H3,(H,15,16). The van der Waals surface area contributed by atoms with Gasteiger partial charge >= 0.3 is 5.97 Å². The van der Waals surface area contributed by atoms with Crippen LogP contribution in [0.5, 0.6) is 0 Å². The van der Waals surface area contributed by atoms with Crippen molar-refractivity contribution < 1.29 is 14.3 Å². The van der Waals surface area contributed by atoms with E-state index in [1.54, 1.807) is 0 Å². The lowest BCUT2D eigenvalue weighted by Gasteiger charge is -2.27. The van der Waals surface area contributed by atoms with E-state index in [2.05, 4.69) is 13.8 Å². The smallest absolute Gasteiger partial charge is 0.317 e. The largest absolute Gasteiger partial charge is 0.480 e. The maximum atomic E-state index is 10.9. The molecule has 1 heterocycles. The molecule has 1 rings (SSSR count). The van der Waals surface area contributed by atoms with Crippen molar-refractivity contribution in [3.8, 4) is 0 Å². The summed E-state index contributed by atoms with van der Waals surface area (Å²) in [6, 6.07) is 3.80. The monoisotopic (exact) mass is 239 g/mol. The predicted octanol–water partition coefficient (Wildman–Crippen LogP) is 2.69. The van der Waals surface area contributed by atoms with Crippen LogP contribution in [0.3, 0.4) is 0 Å². The Balaban J connectivity index is 2.77. The summed E-state index contributed by atoms with van der Waals surface area (Å²) in [6.07, 6.45) is 0. The van der Waals surface area contributed by atoms with Gasteiger partial charge in [-0.2, -0.15) is 0 Å². The maximum absolute atomic E-state index is 10.9. The number of nitrogens with zero attached hydrogens (tertiary/aromatic N) is 1. The second kappa shape index (κ2) is 5.87. The molecular weight excluding hydrogens is 218 g/mol. The van der Waals surface area contributed by atoms with E-state index in [-0.39, 0.29) is 12.6 Å². The number of carboxylic acids is 1. The Morgan fingerprint density at radius 2 is 2.06 bits per heavy atom. The van der Waals surface area contributed by atoms with Gasteiger partial charge in [-0.25, -0.2) is 0 Å². The molecule has 1 aromatic rings. The summed E-state index contributed by atoms with van der Waals surface area (Å²) < 4.78 is 5.55. The third-order valence-electron chi connectivity index (χ3n) is 2.66. The van der Waals surface area contributed by atoms with Crippen LogP contribution in [0.15, 0.2) is 16.5 Å². The van der Waals surface area contributed by atoms with Crippen molar-refractivity contribution in [2.24, 2.45) is 5.92 Å².